The molecule has 0 saturated carbocycles. The third kappa shape index (κ3) is 9.56. The molecule has 8 heteroatoms. The fourth-order valence-corrected chi connectivity index (χ4v) is 1.22. The van der Waals surface area contributed by atoms with Gasteiger partial charge in [0.2, 0.25) is 0 Å². The van der Waals surface area contributed by atoms with Crippen molar-refractivity contribution >= 4 is 20.2 Å². The molecule has 0 aromatic heterocycles. The van der Waals surface area contributed by atoms with Crippen LogP contribution >= 0.6 is 0 Å². The van der Waals surface area contributed by atoms with Crippen LogP contribution in [0, 0.1) is 0 Å². The van der Waals surface area contributed by atoms with E-state index in [0.717, 1.165) is 6.08 Å². The van der Waals surface area contributed by atoms with Crippen molar-refractivity contribution in [3.8, 4) is 0 Å². The smallest absolute Gasteiger partial charge is 0.286 e. The molecule has 0 amide bonds. The first-order chi connectivity index (χ1) is 5.21. The van der Waals surface area contributed by atoms with Gasteiger partial charge in [0.05, 0.1) is 11.2 Å². The van der Waals surface area contributed by atoms with E-state index in [9.17, 15) is 16.8 Å². The minimum absolute atomic E-state index is 0.168. The van der Waals surface area contributed by atoms with Crippen LogP contribution in [0.15, 0.2) is 11.5 Å². The van der Waals surface area contributed by atoms with Gasteiger partial charge in [-0.2, -0.15) is 16.8 Å². The summed E-state index contributed by atoms with van der Waals surface area (Å²) in [5.74, 6) is -0.570. The molecule has 0 spiro atoms. The van der Waals surface area contributed by atoms with Crippen molar-refractivity contribution in [2.24, 2.45) is 0 Å². The van der Waals surface area contributed by atoms with Crippen molar-refractivity contribution < 1.29 is 25.9 Å². The van der Waals surface area contributed by atoms with E-state index in [0.29, 0.717) is 5.41 Å². The quantitative estimate of drug-likeness (QED) is 0.622. The van der Waals surface area contributed by atoms with Gasteiger partial charge in [0, 0.05) is 0 Å². The molecule has 6 nitrogen and oxygen atoms in total. The molecule has 0 saturated heterocycles. The van der Waals surface area contributed by atoms with Gasteiger partial charge in [-0.15, -0.1) is 0 Å². The summed E-state index contributed by atoms with van der Waals surface area (Å²) >= 11 is 0. The van der Waals surface area contributed by atoms with Crippen LogP contribution in [0.25, 0.3) is 0 Å². The highest BCUT2D eigenvalue weighted by atomic mass is 32.2. The van der Waals surface area contributed by atoms with Gasteiger partial charge in [0.1, 0.15) is 0 Å². The third-order valence-electron chi connectivity index (χ3n) is 0.811. The molecule has 0 aromatic rings. The summed E-state index contributed by atoms with van der Waals surface area (Å²) < 4.78 is 56.5. The highest BCUT2D eigenvalue weighted by Crippen LogP contribution is 1.92. The van der Waals surface area contributed by atoms with E-state index < -0.39 is 26.0 Å². The molecule has 72 valence electrons. The Morgan fingerprint density at radius 1 is 1.08 bits per heavy atom. The fourth-order valence-electron chi connectivity index (χ4n) is 0.407. The topological polar surface area (TPSA) is 109 Å². The van der Waals surface area contributed by atoms with E-state index in [1.807, 2.05) is 0 Å². The summed E-state index contributed by atoms with van der Waals surface area (Å²) in [5.41, 5.74) is 0. The molecule has 0 fully saturated rings. The second kappa shape index (κ2) is 3.99. The molecule has 0 aliphatic rings. The van der Waals surface area contributed by atoms with Crippen molar-refractivity contribution in [1.82, 2.24) is 0 Å². The van der Waals surface area contributed by atoms with Crippen LogP contribution in [-0.2, 0) is 20.2 Å². The molecule has 0 aromatic carbocycles. The monoisotopic (exact) mass is 216 g/mol. The van der Waals surface area contributed by atoms with Crippen molar-refractivity contribution in [1.29, 1.82) is 0 Å². The second-order valence-electron chi connectivity index (χ2n) is 1.96. The lowest BCUT2D eigenvalue weighted by atomic mass is 10.5. The first-order valence-corrected chi connectivity index (χ1v) is 5.91. The molecule has 0 aliphatic carbocycles. The Labute approximate surface area is 70.4 Å². The van der Waals surface area contributed by atoms with E-state index in [4.69, 9.17) is 9.11 Å². The van der Waals surface area contributed by atoms with Crippen molar-refractivity contribution in [3.63, 3.8) is 0 Å². The zero-order valence-electron chi connectivity index (χ0n) is 5.91. The average molecular weight is 216 g/mol. The van der Waals surface area contributed by atoms with Crippen LogP contribution in [0.5, 0.6) is 0 Å². The van der Waals surface area contributed by atoms with Gasteiger partial charge >= 0.3 is 0 Å². The Hall–Kier alpha value is -0.440. The zero-order valence-corrected chi connectivity index (χ0v) is 7.55. The lowest BCUT2D eigenvalue weighted by Gasteiger charge is -1.89. The molecule has 0 radical (unpaired) electrons. The molecule has 0 heterocycles. The largest absolute Gasteiger partial charge is 0.287 e. The van der Waals surface area contributed by atoms with E-state index >= 15 is 0 Å². The second-order valence-corrected chi connectivity index (χ2v) is 4.84. The minimum Gasteiger partial charge on any atom is -0.286 e. The van der Waals surface area contributed by atoms with E-state index in [2.05, 4.69) is 0 Å². The summed E-state index contributed by atoms with van der Waals surface area (Å²) in [5, 5.41) is 0.457. The first-order valence-electron chi connectivity index (χ1n) is 2.80. The van der Waals surface area contributed by atoms with Crippen LogP contribution < -0.4 is 0 Å². The molecule has 0 rings (SSSR count). The maximum absolute atomic E-state index is 10.1. The fraction of sp³-hybridized carbons (Fsp3) is 0.500. The van der Waals surface area contributed by atoms with Crippen molar-refractivity contribution in [2.75, 3.05) is 5.75 Å². The Morgan fingerprint density at radius 2 is 1.58 bits per heavy atom. The Kier molecular flexibility index (Phi) is 3.84. The predicted octanol–water partition coefficient (Wildman–Crippen LogP) is -0.334. The summed E-state index contributed by atoms with van der Waals surface area (Å²) in [6.45, 7) is 0. The van der Waals surface area contributed by atoms with Gasteiger partial charge in [-0.05, 0) is 6.42 Å². The van der Waals surface area contributed by atoms with Crippen LogP contribution in [0.3, 0.4) is 0 Å². The van der Waals surface area contributed by atoms with Gasteiger partial charge < -0.3 is 0 Å². The molecule has 0 unspecified atom stereocenters. The Bertz CT molecular complexity index is 347. The molecular weight excluding hydrogens is 208 g/mol. The van der Waals surface area contributed by atoms with Gasteiger partial charge in [0.25, 0.3) is 20.2 Å². The summed E-state index contributed by atoms with van der Waals surface area (Å²) in [6, 6.07) is 0. The summed E-state index contributed by atoms with van der Waals surface area (Å²) in [6.07, 6.45) is 0.766. The van der Waals surface area contributed by atoms with Gasteiger partial charge in [-0.25, -0.2) is 0 Å². The number of allylic oxidation sites excluding steroid dienone is 1. The van der Waals surface area contributed by atoms with Crippen molar-refractivity contribution in [2.45, 2.75) is 6.42 Å². The highest BCUT2D eigenvalue weighted by Gasteiger charge is 2.01. The maximum Gasteiger partial charge on any atom is 0.287 e. The molecule has 0 bridgehead atoms. The standard InChI is InChI=1S/C4H8O6S2/c5-11(6,7)3-1-2-4-12(8,9)10/h1,3H,2,4H2,(H,5,6,7)(H,8,9,10). The predicted molar refractivity (Wildman–Crippen MR) is 41.7 cm³/mol. The van der Waals surface area contributed by atoms with E-state index in [-0.39, 0.29) is 6.42 Å². The summed E-state index contributed by atoms with van der Waals surface area (Å²) in [4.78, 5) is 0. The average Bonchev–Trinajstić information content (AvgIpc) is 1.76. The highest BCUT2D eigenvalue weighted by molar-refractivity contribution is 7.88. The van der Waals surface area contributed by atoms with Crippen molar-refractivity contribution in [3.05, 3.63) is 11.5 Å². The van der Waals surface area contributed by atoms with Gasteiger partial charge in [-0.1, -0.05) is 6.08 Å². The Morgan fingerprint density at radius 3 is 1.92 bits per heavy atom. The van der Waals surface area contributed by atoms with Crippen LogP contribution in [0.2, 0.25) is 0 Å². The number of hydrogen-bond donors (Lipinski definition) is 2. The van der Waals surface area contributed by atoms with Gasteiger partial charge in [-0.3, -0.25) is 9.11 Å². The minimum atomic E-state index is -4.20. The first kappa shape index (κ1) is 11.6. The van der Waals surface area contributed by atoms with Crippen LogP contribution in [0.4, 0.5) is 0 Å². The Balaban J connectivity index is 3.97. The lowest BCUT2D eigenvalue weighted by molar-refractivity contribution is 0.482. The number of hydrogen-bond acceptors (Lipinski definition) is 4. The molecule has 0 atom stereocenters. The van der Waals surface area contributed by atoms with E-state index in [1.165, 1.54) is 0 Å². The molecule has 0 aliphatic heterocycles. The van der Waals surface area contributed by atoms with Crippen LogP contribution in [0.1, 0.15) is 6.42 Å². The zero-order chi connectivity index (χ0) is 9.83. The van der Waals surface area contributed by atoms with Crippen LogP contribution in [-0.4, -0.2) is 31.7 Å². The maximum atomic E-state index is 10.1. The number of rotatable bonds is 4. The molecule has 2 N–H and O–H groups in total. The molecule has 12 heavy (non-hydrogen) atoms. The SMILES string of the molecule is O=S(=O)(O)C=CCCS(=O)(=O)O. The summed E-state index contributed by atoms with van der Waals surface area (Å²) in [7, 11) is -8.27. The lowest BCUT2D eigenvalue weighted by Crippen LogP contribution is -2.02. The van der Waals surface area contributed by atoms with E-state index in [1.54, 1.807) is 0 Å². The molecular formula is C4H8O6S2. The van der Waals surface area contributed by atoms with Gasteiger partial charge in [0.15, 0.2) is 0 Å². The third-order valence-corrected chi connectivity index (χ3v) is 2.10. The normalized spacial score (nSPS) is 13.8.